The van der Waals surface area contributed by atoms with E-state index < -0.39 is 0 Å². The summed E-state index contributed by atoms with van der Waals surface area (Å²) in [5.74, 6) is 0.497. The summed E-state index contributed by atoms with van der Waals surface area (Å²) in [6, 6.07) is 5.82. The number of hydrogen-bond donors (Lipinski definition) is 1. The lowest BCUT2D eigenvalue weighted by molar-refractivity contribution is 0.551. The van der Waals surface area contributed by atoms with Gasteiger partial charge in [0.2, 0.25) is 0 Å². The van der Waals surface area contributed by atoms with Crippen molar-refractivity contribution < 1.29 is 4.39 Å². The third kappa shape index (κ3) is 4.31. The molecule has 1 aromatic rings. The Bertz CT molecular complexity index is 332. The van der Waals surface area contributed by atoms with Crippen LogP contribution in [-0.4, -0.2) is 6.04 Å². The van der Waals surface area contributed by atoms with E-state index in [9.17, 15) is 4.39 Å². The van der Waals surface area contributed by atoms with Crippen molar-refractivity contribution in [3.05, 3.63) is 35.1 Å². The maximum absolute atomic E-state index is 13.5. The van der Waals surface area contributed by atoms with Crippen LogP contribution in [0.4, 0.5) is 4.39 Å². The van der Waals surface area contributed by atoms with Crippen LogP contribution in [0.2, 0.25) is 0 Å². The van der Waals surface area contributed by atoms with Crippen LogP contribution in [0.5, 0.6) is 0 Å². The fourth-order valence-corrected chi connectivity index (χ4v) is 1.68. The van der Waals surface area contributed by atoms with Crippen LogP contribution in [0.1, 0.15) is 38.8 Å². The zero-order valence-corrected chi connectivity index (χ0v) is 10.7. The molecule has 1 aromatic carbocycles. The number of benzene rings is 1. The first-order chi connectivity index (χ1) is 7.49. The summed E-state index contributed by atoms with van der Waals surface area (Å²) in [5, 5.41) is 3.24. The van der Waals surface area contributed by atoms with E-state index in [1.165, 1.54) is 5.56 Å². The van der Waals surface area contributed by atoms with Gasteiger partial charge in [-0.25, -0.2) is 4.39 Å². The predicted octanol–water partition coefficient (Wildman–Crippen LogP) is 3.52. The lowest BCUT2D eigenvalue weighted by Gasteiger charge is -2.11. The van der Waals surface area contributed by atoms with Gasteiger partial charge in [0.25, 0.3) is 0 Å². The summed E-state index contributed by atoms with van der Waals surface area (Å²) < 4.78 is 13.5. The number of nitrogens with one attached hydrogen (secondary N) is 1. The Labute approximate surface area is 98.1 Å². The molecule has 0 aliphatic heterocycles. The molecule has 0 atom stereocenters. The molecule has 1 nitrogen and oxygen atoms in total. The van der Waals surface area contributed by atoms with E-state index in [0.717, 1.165) is 12.0 Å². The second-order valence-corrected chi connectivity index (χ2v) is 5.06. The molecule has 0 amide bonds. The van der Waals surface area contributed by atoms with Gasteiger partial charge in [0, 0.05) is 18.2 Å². The van der Waals surface area contributed by atoms with E-state index in [-0.39, 0.29) is 5.82 Å². The quantitative estimate of drug-likeness (QED) is 0.805. The molecule has 0 aliphatic rings. The molecule has 16 heavy (non-hydrogen) atoms. The molecule has 1 rings (SSSR count). The Kier molecular flexibility index (Phi) is 4.94. The second-order valence-electron chi connectivity index (χ2n) is 5.06. The molecule has 0 fully saturated rings. The molecular formula is C14H22FN. The topological polar surface area (TPSA) is 12.0 Å². The zero-order valence-electron chi connectivity index (χ0n) is 10.7. The molecule has 0 bridgehead atoms. The molecule has 0 spiro atoms. The lowest BCUT2D eigenvalue weighted by atomic mass is 10.0. The summed E-state index contributed by atoms with van der Waals surface area (Å²) >= 11 is 0. The SMILES string of the molecule is CC(C)Cc1ccc(F)c(CNC(C)C)c1. The number of rotatable bonds is 5. The van der Waals surface area contributed by atoms with Gasteiger partial charge in [0.05, 0.1) is 0 Å². The molecule has 1 N–H and O–H groups in total. The number of hydrogen-bond acceptors (Lipinski definition) is 1. The third-order valence-corrected chi connectivity index (χ3v) is 2.45. The van der Waals surface area contributed by atoms with Gasteiger partial charge in [0.15, 0.2) is 0 Å². The Morgan fingerprint density at radius 1 is 1.19 bits per heavy atom. The molecule has 0 heterocycles. The Balaban J connectivity index is 2.74. The standard InChI is InChI=1S/C14H22FN/c1-10(2)7-12-5-6-14(15)13(8-12)9-16-11(3)4/h5-6,8,10-11,16H,7,9H2,1-4H3. The van der Waals surface area contributed by atoms with Crippen LogP contribution in [0, 0.1) is 11.7 Å². The van der Waals surface area contributed by atoms with Gasteiger partial charge in [-0.2, -0.15) is 0 Å². The molecule has 0 aliphatic carbocycles. The van der Waals surface area contributed by atoms with Gasteiger partial charge < -0.3 is 5.32 Å². The summed E-state index contributed by atoms with van der Waals surface area (Å²) in [7, 11) is 0. The zero-order chi connectivity index (χ0) is 12.1. The van der Waals surface area contributed by atoms with Crippen LogP contribution >= 0.6 is 0 Å². The smallest absolute Gasteiger partial charge is 0.127 e. The summed E-state index contributed by atoms with van der Waals surface area (Å²) in [4.78, 5) is 0. The van der Waals surface area contributed by atoms with Crippen molar-refractivity contribution in [2.75, 3.05) is 0 Å². The summed E-state index contributed by atoms with van der Waals surface area (Å²) in [6.07, 6.45) is 1.01. The molecule has 0 saturated heterocycles. The molecule has 0 saturated carbocycles. The van der Waals surface area contributed by atoms with Crippen molar-refractivity contribution in [1.82, 2.24) is 5.32 Å². The minimum Gasteiger partial charge on any atom is -0.310 e. The van der Waals surface area contributed by atoms with Gasteiger partial charge in [-0.05, 0) is 24.0 Å². The maximum atomic E-state index is 13.5. The Hall–Kier alpha value is -0.890. The monoisotopic (exact) mass is 223 g/mol. The minimum atomic E-state index is -0.111. The summed E-state index contributed by atoms with van der Waals surface area (Å²) in [6.45, 7) is 9.09. The first kappa shape index (κ1) is 13.2. The average molecular weight is 223 g/mol. The molecule has 0 aromatic heterocycles. The normalized spacial score (nSPS) is 11.4. The molecule has 2 heteroatoms. The van der Waals surface area contributed by atoms with Crippen LogP contribution in [0.3, 0.4) is 0 Å². The average Bonchev–Trinajstić information content (AvgIpc) is 2.18. The van der Waals surface area contributed by atoms with Gasteiger partial charge in [-0.1, -0.05) is 39.8 Å². The third-order valence-electron chi connectivity index (χ3n) is 2.45. The van der Waals surface area contributed by atoms with Crippen molar-refractivity contribution in [3.63, 3.8) is 0 Å². The highest BCUT2D eigenvalue weighted by Crippen LogP contribution is 2.14. The van der Waals surface area contributed by atoms with Crippen molar-refractivity contribution in [2.45, 2.75) is 46.7 Å². The highest BCUT2D eigenvalue weighted by molar-refractivity contribution is 5.25. The largest absolute Gasteiger partial charge is 0.310 e. The van der Waals surface area contributed by atoms with E-state index in [2.05, 4.69) is 33.0 Å². The second kappa shape index (κ2) is 6.00. The van der Waals surface area contributed by atoms with E-state index >= 15 is 0 Å². The molecule has 0 radical (unpaired) electrons. The van der Waals surface area contributed by atoms with Gasteiger partial charge in [-0.3, -0.25) is 0 Å². The van der Waals surface area contributed by atoms with E-state index in [1.807, 2.05) is 12.1 Å². The predicted molar refractivity (Wildman–Crippen MR) is 66.9 cm³/mol. The highest BCUT2D eigenvalue weighted by atomic mass is 19.1. The van der Waals surface area contributed by atoms with Crippen molar-refractivity contribution in [1.29, 1.82) is 0 Å². The molecule has 90 valence electrons. The molecular weight excluding hydrogens is 201 g/mol. The fraction of sp³-hybridized carbons (Fsp3) is 0.571. The first-order valence-electron chi connectivity index (χ1n) is 5.99. The van der Waals surface area contributed by atoms with Crippen molar-refractivity contribution >= 4 is 0 Å². The van der Waals surface area contributed by atoms with Crippen LogP contribution < -0.4 is 5.32 Å². The Morgan fingerprint density at radius 3 is 2.44 bits per heavy atom. The van der Waals surface area contributed by atoms with Crippen molar-refractivity contribution in [2.24, 2.45) is 5.92 Å². The number of halogens is 1. The van der Waals surface area contributed by atoms with Gasteiger partial charge in [-0.15, -0.1) is 0 Å². The van der Waals surface area contributed by atoms with Crippen LogP contribution in [0.25, 0.3) is 0 Å². The highest BCUT2D eigenvalue weighted by Gasteiger charge is 2.05. The maximum Gasteiger partial charge on any atom is 0.127 e. The first-order valence-corrected chi connectivity index (χ1v) is 5.99. The van der Waals surface area contributed by atoms with Gasteiger partial charge >= 0.3 is 0 Å². The van der Waals surface area contributed by atoms with E-state index in [0.29, 0.717) is 18.5 Å². The fourth-order valence-electron chi connectivity index (χ4n) is 1.68. The Morgan fingerprint density at radius 2 is 1.88 bits per heavy atom. The van der Waals surface area contributed by atoms with Crippen LogP contribution in [0.15, 0.2) is 18.2 Å². The lowest BCUT2D eigenvalue weighted by Crippen LogP contribution is -2.22. The van der Waals surface area contributed by atoms with E-state index in [4.69, 9.17) is 0 Å². The van der Waals surface area contributed by atoms with Crippen molar-refractivity contribution in [3.8, 4) is 0 Å². The minimum absolute atomic E-state index is 0.111. The van der Waals surface area contributed by atoms with Gasteiger partial charge in [0.1, 0.15) is 5.82 Å². The molecule has 0 unspecified atom stereocenters. The van der Waals surface area contributed by atoms with E-state index in [1.54, 1.807) is 6.07 Å². The summed E-state index contributed by atoms with van der Waals surface area (Å²) in [5.41, 5.74) is 1.99. The van der Waals surface area contributed by atoms with Crippen LogP contribution in [-0.2, 0) is 13.0 Å².